The average Bonchev–Trinajstić information content (AvgIpc) is 2.88. The van der Waals surface area contributed by atoms with Gasteiger partial charge in [0.2, 0.25) is 0 Å². The molecule has 130 valence electrons. The van der Waals surface area contributed by atoms with Gasteiger partial charge in [0.05, 0.1) is 12.2 Å². The molecule has 9 bridgehead atoms. The lowest BCUT2D eigenvalue weighted by Crippen LogP contribution is -2.71. The van der Waals surface area contributed by atoms with E-state index < -0.39 is 11.8 Å². The molecule has 24 heavy (non-hydrogen) atoms. The van der Waals surface area contributed by atoms with E-state index in [-0.39, 0.29) is 40.2 Å². The van der Waals surface area contributed by atoms with Crippen LogP contribution in [-0.2, 0) is 0 Å². The lowest BCUT2D eigenvalue weighted by Gasteiger charge is -2.67. The summed E-state index contributed by atoms with van der Waals surface area (Å²) >= 11 is 0. The maximum atomic E-state index is 11.9. The predicted octanol–water partition coefficient (Wildman–Crippen LogP) is 1.11. The molecule has 4 heteroatoms. The molecule has 3 N–H and O–H groups in total. The first-order valence-corrected chi connectivity index (χ1v) is 9.86. The smallest absolute Gasteiger partial charge is 0.123 e. The molecule has 12 atom stereocenters. The standard InChI is InChI=1S/C20H27NO3/c1-9-10-6-11-18-5-3-4-17(2)8-21-14(18)12(13(10)22)19(11,15(9)23)7-20(21,24)16(17)18/h10-16,22-24H,1,3-8H2,2H3/t10-,11-,12+,13+,14+,15+,16+,17-,18-,19-,20+/m0/s1. The van der Waals surface area contributed by atoms with Gasteiger partial charge in [-0.15, -0.1) is 0 Å². The normalized spacial score (nSPS) is 76.1. The Morgan fingerprint density at radius 1 is 1.21 bits per heavy atom. The van der Waals surface area contributed by atoms with Crippen molar-refractivity contribution in [3.05, 3.63) is 12.2 Å². The van der Waals surface area contributed by atoms with E-state index in [0.717, 1.165) is 18.5 Å². The number of aliphatic hydroxyl groups is 3. The number of rotatable bonds is 0. The summed E-state index contributed by atoms with van der Waals surface area (Å²) in [6, 6.07) is 0.280. The SMILES string of the molecule is C=C1[C@@H](O)[C@@]23C[C@@]4(O)[C@@H]5[C@@]6(C)CCC[C@@]57[C@@H]2C[C@@H]1[C@@H](O)[C@@H]3[C@H]7N4C6. The van der Waals surface area contributed by atoms with E-state index in [1.165, 1.54) is 19.3 Å². The Labute approximate surface area is 142 Å². The fourth-order valence-corrected chi connectivity index (χ4v) is 10.5. The number of aliphatic hydroxyl groups excluding tert-OH is 2. The summed E-state index contributed by atoms with van der Waals surface area (Å²) in [5, 5.41) is 34.3. The molecule has 0 radical (unpaired) electrons. The maximum Gasteiger partial charge on any atom is 0.123 e. The van der Waals surface area contributed by atoms with E-state index in [1.807, 2.05) is 0 Å². The van der Waals surface area contributed by atoms with Crippen LogP contribution in [0.5, 0.6) is 0 Å². The molecule has 0 aromatic rings. The van der Waals surface area contributed by atoms with Crippen molar-refractivity contribution < 1.29 is 15.3 Å². The summed E-state index contributed by atoms with van der Waals surface area (Å²) in [4.78, 5) is 2.41. The molecule has 0 aromatic carbocycles. The molecular formula is C20H27NO3. The van der Waals surface area contributed by atoms with Crippen molar-refractivity contribution >= 4 is 0 Å². The molecular weight excluding hydrogens is 302 g/mol. The van der Waals surface area contributed by atoms with Crippen molar-refractivity contribution in [3.63, 3.8) is 0 Å². The average molecular weight is 329 g/mol. The molecule has 9 rings (SSSR count). The molecule has 6 saturated carbocycles. The Morgan fingerprint density at radius 3 is 2.79 bits per heavy atom. The third kappa shape index (κ3) is 0.903. The lowest BCUT2D eigenvalue weighted by atomic mass is 9.39. The van der Waals surface area contributed by atoms with Gasteiger partial charge in [-0.3, -0.25) is 4.90 Å². The third-order valence-electron chi connectivity index (χ3n) is 10.4. The van der Waals surface area contributed by atoms with Crippen molar-refractivity contribution in [3.8, 4) is 0 Å². The minimum Gasteiger partial charge on any atom is -0.392 e. The van der Waals surface area contributed by atoms with Crippen LogP contribution in [0.3, 0.4) is 0 Å². The molecule has 9 aliphatic rings. The molecule has 4 nitrogen and oxygen atoms in total. The fourth-order valence-electron chi connectivity index (χ4n) is 10.5. The largest absolute Gasteiger partial charge is 0.392 e. The maximum absolute atomic E-state index is 11.9. The van der Waals surface area contributed by atoms with Crippen LogP contribution >= 0.6 is 0 Å². The Bertz CT molecular complexity index is 724. The lowest BCUT2D eigenvalue weighted by molar-refractivity contribution is -0.267. The molecule has 3 aliphatic heterocycles. The predicted molar refractivity (Wildman–Crippen MR) is 86.6 cm³/mol. The van der Waals surface area contributed by atoms with Crippen LogP contribution in [0.15, 0.2) is 12.2 Å². The van der Waals surface area contributed by atoms with Gasteiger partial charge in [0.1, 0.15) is 5.72 Å². The summed E-state index contributed by atoms with van der Waals surface area (Å²) in [5.74, 6) is 1.000. The van der Waals surface area contributed by atoms with Gasteiger partial charge in [-0.05, 0) is 48.0 Å². The van der Waals surface area contributed by atoms with Crippen LogP contribution < -0.4 is 0 Å². The van der Waals surface area contributed by atoms with Crippen molar-refractivity contribution in [2.24, 2.45) is 39.9 Å². The van der Waals surface area contributed by atoms with Gasteiger partial charge in [0.25, 0.3) is 0 Å². The van der Waals surface area contributed by atoms with Crippen molar-refractivity contribution in [1.29, 1.82) is 0 Å². The van der Waals surface area contributed by atoms with Crippen molar-refractivity contribution in [2.75, 3.05) is 6.54 Å². The van der Waals surface area contributed by atoms with Crippen LogP contribution in [0.2, 0.25) is 0 Å². The molecule has 0 amide bonds. The molecule has 6 aliphatic carbocycles. The Morgan fingerprint density at radius 2 is 2.00 bits per heavy atom. The van der Waals surface area contributed by atoms with Crippen LogP contribution in [-0.4, -0.2) is 50.7 Å². The first-order chi connectivity index (χ1) is 11.3. The summed E-state index contributed by atoms with van der Waals surface area (Å²) in [6.45, 7) is 7.54. The third-order valence-corrected chi connectivity index (χ3v) is 10.4. The monoisotopic (exact) mass is 329 g/mol. The van der Waals surface area contributed by atoms with Gasteiger partial charge in [-0.1, -0.05) is 19.9 Å². The minimum atomic E-state index is -0.752. The topological polar surface area (TPSA) is 63.9 Å². The Balaban J connectivity index is 1.56. The van der Waals surface area contributed by atoms with E-state index in [9.17, 15) is 15.3 Å². The molecule has 2 spiro atoms. The minimum absolute atomic E-state index is 0.0665. The number of hydrogen-bond acceptors (Lipinski definition) is 4. The second-order valence-electron chi connectivity index (χ2n) is 10.7. The Kier molecular flexibility index (Phi) is 1.88. The molecule has 0 aromatic heterocycles. The van der Waals surface area contributed by atoms with E-state index in [1.54, 1.807) is 0 Å². The second kappa shape index (κ2) is 3.28. The van der Waals surface area contributed by atoms with E-state index in [2.05, 4.69) is 18.4 Å². The van der Waals surface area contributed by atoms with Gasteiger partial charge in [0, 0.05) is 35.8 Å². The first-order valence-electron chi connectivity index (χ1n) is 9.86. The molecule has 3 saturated heterocycles. The molecule has 9 fully saturated rings. The van der Waals surface area contributed by atoms with Crippen LogP contribution in [0, 0.1) is 39.9 Å². The highest BCUT2D eigenvalue weighted by molar-refractivity contribution is 5.44. The zero-order valence-electron chi connectivity index (χ0n) is 14.3. The summed E-state index contributed by atoms with van der Waals surface area (Å²) in [7, 11) is 0. The van der Waals surface area contributed by atoms with Gasteiger partial charge >= 0.3 is 0 Å². The van der Waals surface area contributed by atoms with Crippen LogP contribution in [0.1, 0.15) is 39.0 Å². The highest BCUT2D eigenvalue weighted by Gasteiger charge is 2.93. The number of hydrogen-bond donors (Lipinski definition) is 3. The summed E-state index contributed by atoms with van der Waals surface area (Å²) in [6.07, 6.45) is 4.37. The molecule has 3 heterocycles. The second-order valence-corrected chi connectivity index (χ2v) is 10.7. The fraction of sp³-hybridized carbons (Fsp3) is 0.900. The zero-order valence-corrected chi connectivity index (χ0v) is 14.3. The number of piperidine rings is 2. The summed E-state index contributed by atoms with van der Waals surface area (Å²) in [5.41, 5.74) is 0.116. The first kappa shape index (κ1) is 13.7. The van der Waals surface area contributed by atoms with Gasteiger partial charge in [-0.2, -0.15) is 0 Å². The number of nitrogens with zero attached hydrogens (tertiary/aromatic N) is 1. The van der Waals surface area contributed by atoms with Gasteiger partial charge in [-0.25, -0.2) is 0 Å². The van der Waals surface area contributed by atoms with Crippen LogP contribution in [0.4, 0.5) is 0 Å². The zero-order chi connectivity index (χ0) is 16.4. The van der Waals surface area contributed by atoms with E-state index in [4.69, 9.17) is 0 Å². The highest BCUT2D eigenvalue weighted by Crippen LogP contribution is 2.88. The van der Waals surface area contributed by atoms with E-state index >= 15 is 0 Å². The van der Waals surface area contributed by atoms with Gasteiger partial charge in [0.15, 0.2) is 0 Å². The van der Waals surface area contributed by atoms with E-state index in [0.29, 0.717) is 18.3 Å². The Hall–Kier alpha value is -0.420. The molecule has 1 unspecified atom stereocenters. The summed E-state index contributed by atoms with van der Waals surface area (Å²) < 4.78 is 0. The van der Waals surface area contributed by atoms with Gasteiger partial charge < -0.3 is 15.3 Å². The van der Waals surface area contributed by atoms with Crippen molar-refractivity contribution in [2.45, 2.75) is 63.0 Å². The quantitative estimate of drug-likeness (QED) is 0.583. The van der Waals surface area contributed by atoms with Crippen LogP contribution in [0.25, 0.3) is 0 Å². The highest BCUT2D eigenvalue weighted by atomic mass is 16.3. The number of fused-ring (bicyclic) bond motifs is 1. The van der Waals surface area contributed by atoms with Crippen molar-refractivity contribution in [1.82, 2.24) is 4.90 Å².